The van der Waals surface area contributed by atoms with E-state index in [0.717, 1.165) is 6.07 Å². The molecule has 0 aliphatic heterocycles. The molecule has 0 saturated heterocycles. The normalized spacial score (nSPS) is 11.7. The molecule has 1 aromatic heterocycles. The molecule has 0 aliphatic carbocycles. The fourth-order valence-electron chi connectivity index (χ4n) is 2.04. The number of ether oxygens (including phenoxy) is 2. The lowest BCUT2D eigenvalue weighted by Gasteiger charge is -2.12. The molecule has 0 atom stereocenters. The summed E-state index contributed by atoms with van der Waals surface area (Å²) >= 11 is 0. The molecule has 0 N–H and O–H groups in total. The topological polar surface area (TPSA) is 40.5 Å². The molecule has 4 nitrogen and oxygen atoms in total. The molecular weight excluding hydrogens is 306 g/mol. The molecule has 1 heterocycles. The van der Waals surface area contributed by atoms with Crippen LogP contribution in [-0.4, -0.2) is 24.4 Å². The zero-order chi connectivity index (χ0) is 16.5. The lowest BCUT2D eigenvalue weighted by molar-refractivity contribution is -0.142. The summed E-state index contributed by atoms with van der Waals surface area (Å²) in [6.07, 6.45) is -5.58. The zero-order valence-electron chi connectivity index (χ0n) is 11.8. The number of nitrogens with zero attached hydrogens (tertiary/aromatic N) is 1. The minimum absolute atomic E-state index is 0.0333. The standard InChI is InChI=1S/C14H13F4NO3/c1-3-6-22-13(20)19-9-4-5-10(21-2)12(15)8(9)7-11(19)14(16,17)18/h4-5,7H,3,6H2,1-2H3. The Balaban J connectivity index is 2.70. The van der Waals surface area contributed by atoms with E-state index in [0.29, 0.717) is 17.1 Å². The van der Waals surface area contributed by atoms with Gasteiger partial charge in [0, 0.05) is 5.39 Å². The summed E-state index contributed by atoms with van der Waals surface area (Å²) in [5.74, 6) is -1.17. The number of hydrogen-bond donors (Lipinski definition) is 0. The van der Waals surface area contributed by atoms with Crippen LogP contribution in [0.5, 0.6) is 5.75 Å². The van der Waals surface area contributed by atoms with Crippen molar-refractivity contribution in [3.63, 3.8) is 0 Å². The minimum Gasteiger partial charge on any atom is -0.494 e. The number of carbonyl (C=O) groups is 1. The number of halogens is 4. The largest absolute Gasteiger partial charge is 0.494 e. The van der Waals surface area contributed by atoms with Crippen molar-refractivity contribution < 1.29 is 31.8 Å². The van der Waals surface area contributed by atoms with Crippen molar-refractivity contribution in [2.75, 3.05) is 13.7 Å². The highest BCUT2D eigenvalue weighted by molar-refractivity contribution is 5.92. The first-order valence-corrected chi connectivity index (χ1v) is 6.43. The maximum absolute atomic E-state index is 14.1. The molecule has 120 valence electrons. The maximum Gasteiger partial charge on any atom is 0.432 e. The second-order valence-corrected chi connectivity index (χ2v) is 4.49. The molecule has 0 radical (unpaired) electrons. The number of alkyl halides is 3. The summed E-state index contributed by atoms with van der Waals surface area (Å²) < 4.78 is 63.2. The van der Waals surface area contributed by atoms with Gasteiger partial charge in [-0.3, -0.25) is 0 Å². The molecule has 1 aromatic carbocycles. The van der Waals surface area contributed by atoms with E-state index in [9.17, 15) is 22.4 Å². The number of carbonyl (C=O) groups excluding carboxylic acids is 1. The second kappa shape index (κ2) is 5.86. The van der Waals surface area contributed by atoms with Crippen molar-refractivity contribution >= 4 is 17.0 Å². The van der Waals surface area contributed by atoms with Crippen LogP contribution < -0.4 is 4.74 Å². The Labute approximate surface area is 123 Å². The fourth-order valence-corrected chi connectivity index (χ4v) is 2.04. The van der Waals surface area contributed by atoms with E-state index in [-0.39, 0.29) is 23.3 Å². The van der Waals surface area contributed by atoms with Crippen molar-refractivity contribution in [3.05, 3.63) is 29.7 Å². The Morgan fingerprint density at radius 2 is 2.00 bits per heavy atom. The van der Waals surface area contributed by atoms with Gasteiger partial charge in [0.05, 0.1) is 19.2 Å². The SMILES string of the molecule is CCCOC(=O)n1c(C(F)(F)F)cc2c(F)c(OC)ccc21. The lowest BCUT2D eigenvalue weighted by Crippen LogP contribution is -2.21. The quantitative estimate of drug-likeness (QED) is 0.796. The van der Waals surface area contributed by atoms with Crippen molar-refractivity contribution in [1.82, 2.24) is 4.57 Å². The molecule has 0 spiro atoms. The van der Waals surface area contributed by atoms with Gasteiger partial charge in [0.15, 0.2) is 11.6 Å². The Morgan fingerprint density at radius 3 is 2.55 bits per heavy atom. The summed E-state index contributed by atoms with van der Waals surface area (Å²) in [5, 5.41) is -0.361. The molecule has 0 aliphatic rings. The molecule has 2 rings (SSSR count). The Morgan fingerprint density at radius 1 is 1.32 bits per heavy atom. The van der Waals surface area contributed by atoms with Crippen LogP contribution in [-0.2, 0) is 10.9 Å². The van der Waals surface area contributed by atoms with Gasteiger partial charge in [0.1, 0.15) is 5.69 Å². The molecule has 0 saturated carbocycles. The third-order valence-electron chi connectivity index (χ3n) is 3.01. The Hall–Kier alpha value is -2.25. The van der Waals surface area contributed by atoms with Crippen LogP contribution in [0.3, 0.4) is 0 Å². The minimum atomic E-state index is -4.83. The number of fused-ring (bicyclic) bond motifs is 1. The molecule has 0 amide bonds. The highest BCUT2D eigenvalue weighted by Gasteiger charge is 2.38. The van der Waals surface area contributed by atoms with Gasteiger partial charge < -0.3 is 9.47 Å². The smallest absolute Gasteiger partial charge is 0.432 e. The van der Waals surface area contributed by atoms with Gasteiger partial charge in [-0.15, -0.1) is 0 Å². The van der Waals surface area contributed by atoms with Gasteiger partial charge in [-0.05, 0) is 24.6 Å². The number of methoxy groups -OCH3 is 1. The van der Waals surface area contributed by atoms with Crippen LogP contribution in [0.2, 0.25) is 0 Å². The summed E-state index contributed by atoms with van der Waals surface area (Å²) in [6, 6.07) is 2.90. The maximum atomic E-state index is 14.1. The number of aromatic nitrogens is 1. The Kier molecular flexibility index (Phi) is 4.30. The molecule has 22 heavy (non-hydrogen) atoms. The molecule has 2 aromatic rings. The predicted octanol–water partition coefficient (Wildman–Crippen LogP) is 4.20. The third-order valence-corrected chi connectivity index (χ3v) is 3.01. The van der Waals surface area contributed by atoms with Crippen LogP contribution in [0, 0.1) is 5.82 Å². The van der Waals surface area contributed by atoms with E-state index in [1.807, 2.05) is 0 Å². The second-order valence-electron chi connectivity index (χ2n) is 4.49. The monoisotopic (exact) mass is 319 g/mol. The lowest BCUT2D eigenvalue weighted by atomic mass is 10.2. The van der Waals surface area contributed by atoms with Crippen LogP contribution in [0.15, 0.2) is 18.2 Å². The molecule has 8 heteroatoms. The fraction of sp³-hybridized carbons (Fsp3) is 0.357. The third kappa shape index (κ3) is 2.72. The zero-order valence-corrected chi connectivity index (χ0v) is 11.8. The number of benzene rings is 1. The molecule has 0 unspecified atom stereocenters. The van der Waals surface area contributed by atoms with E-state index in [4.69, 9.17) is 9.47 Å². The van der Waals surface area contributed by atoms with Gasteiger partial charge in [0.25, 0.3) is 0 Å². The van der Waals surface area contributed by atoms with Crippen LogP contribution >= 0.6 is 0 Å². The van der Waals surface area contributed by atoms with E-state index in [1.165, 1.54) is 13.2 Å². The first-order chi connectivity index (χ1) is 10.3. The Bertz CT molecular complexity index is 706. The van der Waals surface area contributed by atoms with Crippen molar-refractivity contribution in [2.24, 2.45) is 0 Å². The van der Waals surface area contributed by atoms with Gasteiger partial charge in [0.2, 0.25) is 0 Å². The summed E-state index contributed by atoms with van der Waals surface area (Å²) in [6.45, 7) is 1.67. The highest BCUT2D eigenvalue weighted by Crippen LogP contribution is 2.37. The van der Waals surface area contributed by atoms with Gasteiger partial charge in [-0.25, -0.2) is 13.8 Å². The van der Waals surface area contributed by atoms with E-state index < -0.39 is 23.8 Å². The number of rotatable bonds is 3. The van der Waals surface area contributed by atoms with E-state index in [1.54, 1.807) is 6.92 Å². The first kappa shape index (κ1) is 16.1. The average molecular weight is 319 g/mol. The average Bonchev–Trinajstić information content (AvgIpc) is 2.85. The summed E-state index contributed by atoms with van der Waals surface area (Å²) in [7, 11) is 1.20. The predicted molar refractivity (Wildman–Crippen MR) is 70.5 cm³/mol. The van der Waals surface area contributed by atoms with E-state index >= 15 is 0 Å². The summed E-state index contributed by atoms with van der Waals surface area (Å²) in [4.78, 5) is 11.9. The van der Waals surface area contributed by atoms with Crippen molar-refractivity contribution in [1.29, 1.82) is 0 Å². The van der Waals surface area contributed by atoms with Gasteiger partial charge in [-0.1, -0.05) is 6.92 Å². The molecular formula is C14H13F4NO3. The first-order valence-electron chi connectivity index (χ1n) is 6.43. The van der Waals surface area contributed by atoms with Crippen molar-refractivity contribution in [2.45, 2.75) is 19.5 Å². The number of hydrogen-bond acceptors (Lipinski definition) is 3. The summed E-state index contributed by atoms with van der Waals surface area (Å²) in [5.41, 5.74) is -1.53. The van der Waals surface area contributed by atoms with Gasteiger partial charge in [-0.2, -0.15) is 13.2 Å². The van der Waals surface area contributed by atoms with Crippen LogP contribution in [0.4, 0.5) is 22.4 Å². The van der Waals surface area contributed by atoms with Crippen molar-refractivity contribution in [3.8, 4) is 5.75 Å². The van der Waals surface area contributed by atoms with Crippen LogP contribution in [0.1, 0.15) is 19.0 Å². The highest BCUT2D eigenvalue weighted by atomic mass is 19.4. The van der Waals surface area contributed by atoms with Gasteiger partial charge >= 0.3 is 12.3 Å². The van der Waals surface area contributed by atoms with E-state index in [2.05, 4.69) is 0 Å². The molecule has 0 bridgehead atoms. The molecule has 0 fully saturated rings. The van der Waals surface area contributed by atoms with Crippen LogP contribution in [0.25, 0.3) is 10.9 Å².